The predicted octanol–water partition coefficient (Wildman–Crippen LogP) is 3.32. The molecule has 0 radical (unpaired) electrons. The summed E-state index contributed by atoms with van der Waals surface area (Å²) in [6, 6.07) is 4.91. The van der Waals surface area contributed by atoms with Crippen molar-refractivity contribution in [1.82, 2.24) is 0 Å². The van der Waals surface area contributed by atoms with Gasteiger partial charge in [-0.2, -0.15) is 18.4 Å². The van der Waals surface area contributed by atoms with Crippen molar-refractivity contribution in [2.24, 2.45) is 0 Å². The van der Waals surface area contributed by atoms with Crippen molar-refractivity contribution in [1.29, 1.82) is 5.26 Å². The molecule has 3 nitrogen and oxygen atoms in total. The summed E-state index contributed by atoms with van der Waals surface area (Å²) in [5.74, 6) is 0. The monoisotopic (exact) mass is 298 g/mol. The van der Waals surface area contributed by atoms with Gasteiger partial charge in [-0.3, -0.25) is 0 Å². The maximum absolute atomic E-state index is 12.7. The van der Waals surface area contributed by atoms with Crippen LogP contribution in [0.1, 0.15) is 36.8 Å². The van der Waals surface area contributed by atoms with Crippen molar-refractivity contribution in [3.05, 3.63) is 29.3 Å². The van der Waals surface area contributed by atoms with Crippen molar-refractivity contribution in [3.8, 4) is 6.07 Å². The van der Waals surface area contributed by atoms with E-state index in [0.717, 1.165) is 25.0 Å². The zero-order valence-electron chi connectivity index (χ0n) is 11.7. The first-order valence-corrected chi connectivity index (χ1v) is 6.80. The smallest absolute Gasteiger partial charge is 0.388 e. The molecule has 0 aliphatic heterocycles. The van der Waals surface area contributed by atoms with Crippen molar-refractivity contribution in [2.75, 3.05) is 18.5 Å². The van der Waals surface area contributed by atoms with E-state index in [1.165, 1.54) is 6.07 Å². The molecular weight excluding hydrogens is 281 g/mol. The number of anilines is 1. The lowest BCUT2D eigenvalue weighted by molar-refractivity contribution is -0.137. The van der Waals surface area contributed by atoms with Crippen molar-refractivity contribution >= 4 is 5.69 Å². The van der Waals surface area contributed by atoms with Gasteiger partial charge in [-0.25, -0.2) is 0 Å². The molecule has 1 N–H and O–H groups in total. The van der Waals surface area contributed by atoms with Crippen molar-refractivity contribution < 1.29 is 18.3 Å². The Morgan fingerprint density at radius 1 is 1.33 bits per heavy atom. The highest BCUT2D eigenvalue weighted by Crippen LogP contribution is 2.34. The number of likely N-dealkylation sites (N-methyl/N-ethyl adjacent to an activating group) is 1. The van der Waals surface area contributed by atoms with E-state index in [0.29, 0.717) is 25.1 Å². The molecule has 1 saturated carbocycles. The molecule has 6 heteroatoms. The molecule has 1 aliphatic carbocycles. The molecule has 114 valence electrons. The lowest BCUT2D eigenvalue weighted by Crippen LogP contribution is -2.39. The van der Waals surface area contributed by atoms with Gasteiger partial charge in [0.1, 0.15) is 6.07 Å². The Balaban J connectivity index is 2.25. The van der Waals surface area contributed by atoms with Gasteiger partial charge in [-0.15, -0.1) is 0 Å². The summed E-state index contributed by atoms with van der Waals surface area (Å²) in [6.07, 6.45) is -1.21. The number of nitrogens with zero attached hydrogens (tertiary/aromatic N) is 2. The van der Waals surface area contributed by atoms with E-state index >= 15 is 0 Å². The van der Waals surface area contributed by atoms with Crippen LogP contribution in [0.15, 0.2) is 18.2 Å². The topological polar surface area (TPSA) is 47.3 Å². The zero-order chi connectivity index (χ0) is 15.7. The van der Waals surface area contributed by atoms with Crippen LogP contribution in [-0.2, 0) is 6.18 Å². The highest BCUT2D eigenvalue weighted by atomic mass is 19.4. The number of rotatable bonds is 3. The van der Waals surface area contributed by atoms with Crippen LogP contribution in [-0.4, -0.2) is 24.3 Å². The lowest BCUT2D eigenvalue weighted by atomic mass is 10.0. The Kier molecular flexibility index (Phi) is 4.15. The normalized spacial score (nSPS) is 17.5. The molecule has 0 amide bonds. The second-order valence-electron chi connectivity index (χ2n) is 5.63. The van der Waals surface area contributed by atoms with Gasteiger partial charge in [0.25, 0.3) is 0 Å². The summed E-state index contributed by atoms with van der Waals surface area (Å²) in [4.78, 5) is 1.66. The number of hydrogen-bond donors (Lipinski definition) is 1. The lowest BCUT2D eigenvalue weighted by Gasteiger charge is -2.30. The van der Waals surface area contributed by atoms with E-state index in [4.69, 9.17) is 5.26 Å². The summed E-state index contributed by atoms with van der Waals surface area (Å²) in [6.45, 7) is 0.313. The largest absolute Gasteiger partial charge is 0.416 e. The van der Waals surface area contributed by atoms with Gasteiger partial charge < -0.3 is 10.0 Å². The summed E-state index contributed by atoms with van der Waals surface area (Å²) in [7, 11) is 1.68. The van der Waals surface area contributed by atoms with Gasteiger partial charge >= 0.3 is 6.18 Å². The Morgan fingerprint density at radius 3 is 2.48 bits per heavy atom. The van der Waals surface area contributed by atoms with Gasteiger partial charge in [-0.05, 0) is 31.0 Å². The molecule has 0 bridgehead atoms. The van der Waals surface area contributed by atoms with Gasteiger partial charge in [0, 0.05) is 13.6 Å². The van der Waals surface area contributed by atoms with E-state index in [1.54, 1.807) is 18.0 Å². The average Bonchev–Trinajstić information content (AvgIpc) is 2.83. The Bertz CT molecular complexity index is 557. The second kappa shape index (κ2) is 5.57. The third-order valence-electron chi connectivity index (χ3n) is 3.92. The van der Waals surface area contributed by atoms with Crippen LogP contribution in [0.3, 0.4) is 0 Å². The molecule has 1 aliphatic rings. The fourth-order valence-electron chi connectivity index (χ4n) is 2.85. The number of aliphatic hydroxyl groups is 1. The van der Waals surface area contributed by atoms with Crippen LogP contribution in [0.2, 0.25) is 0 Å². The Hall–Kier alpha value is -1.74. The third-order valence-corrected chi connectivity index (χ3v) is 3.92. The second-order valence-corrected chi connectivity index (χ2v) is 5.63. The fraction of sp³-hybridized carbons (Fsp3) is 0.533. The quantitative estimate of drug-likeness (QED) is 0.931. The molecule has 1 aromatic rings. The molecule has 0 atom stereocenters. The van der Waals surface area contributed by atoms with E-state index < -0.39 is 17.3 Å². The Morgan fingerprint density at radius 2 is 1.95 bits per heavy atom. The first kappa shape index (κ1) is 15.6. The number of nitriles is 1. The molecule has 1 aromatic carbocycles. The summed E-state index contributed by atoms with van der Waals surface area (Å²) >= 11 is 0. The van der Waals surface area contributed by atoms with Gasteiger partial charge in [0.2, 0.25) is 0 Å². The summed E-state index contributed by atoms with van der Waals surface area (Å²) in [5, 5.41) is 19.4. The predicted molar refractivity (Wildman–Crippen MR) is 72.8 cm³/mol. The number of halogens is 3. The van der Waals surface area contributed by atoms with Gasteiger partial charge in [0.05, 0.1) is 22.4 Å². The Labute approximate surface area is 121 Å². The minimum absolute atomic E-state index is 0.0334. The maximum Gasteiger partial charge on any atom is 0.416 e. The third kappa shape index (κ3) is 3.48. The molecule has 0 aromatic heterocycles. The number of benzene rings is 1. The molecule has 21 heavy (non-hydrogen) atoms. The van der Waals surface area contributed by atoms with Crippen LogP contribution in [0.4, 0.5) is 18.9 Å². The maximum atomic E-state index is 12.7. The molecule has 0 heterocycles. The van der Waals surface area contributed by atoms with Crippen molar-refractivity contribution in [3.63, 3.8) is 0 Å². The van der Waals surface area contributed by atoms with Gasteiger partial charge in [0.15, 0.2) is 0 Å². The van der Waals surface area contributed by atoms with Crippen LogP contribution in [0.25, 0.3) is 0 Å². The summed E-state index contributed by atoms with van der Waals surface area (Å²) < 4.78 is 38.0. The highest BCUT2D eigenvalue weighted by molar-refractivity contribution is 5.60. The van der Waals surface area contributed by atoms with E-state index in [2.05, 4.69) is 0 Å². The standard InChI is InChI=1S/C15H17F3N2O/c1-20(10-14(21)6-2-3-7-14)13-5-4-12(15(16,17)18)8-11(13)9-19/h4-5,8,21H,2-3,6-7,10H2,1H3. The van der Waals surface area contributed by atoms with E-state index in [9.17, 15) is 18.3 Å². The van der Waals surface area contributed by atoms with Crippen LogP contribution in [0.5, 0.6) is 0 Å². The fourth-order valence-corrected chi connectivity index (χ4v) is 2.85. The molecular formula is C15H17F3N2O. The van der Waals surface area contributed by atoms with E-state index in [-0.39, 0.29) is 5.56 Å². The zero-order valence-corrected chi connectivity index (χ0v) is 11.7. The van der Waals surface area contributed by atoms with Crippen LogP contribution < -0.4 is 4.90 Å². The van der Waals surface area contributed by atoms with E-state index in [1.807, 2.05) is 0 Å². The molecule has 0 saturated heterocycles. The number of hydrogen-bond acceptors (Lipinski definition) is 3. The van der Waals surface area contributed by atoms with Crippen LogP contribution in [0, 0.1) is 11.3 Å². The molecule has 0 spiro atoms. The first-order chi connectivity index (χ1) is 9.75. The molecule has 0 unspecified atom stereocenters. The SMILES string of the molecule is CN(CC1(O)CCCC1)c1ccc(C(F)(F)F)cc1C#N. The first-order valence-electron chi connectivity index (χ1n) is 6.80. The van der Waals surface area contributed by atoms with Gasteiger partial charge in [-0.1, -0.05) is 12.8 Å². The van der Waals surface area contributed by atoms with Crippen LogP contribution >= 0.6 is 0 Å². The minimum atomic E-state index is -4.47. The molecule has 2 rings (SSSR count). The molecule has 1 fully saturated rings. The van der Waals surface area contributed by atoms with Crippen molar-refractivity contribution in [2.45, 2.75) is 37.5 Å². The highest BCUT2D eigenvalue weighted by Gasteiger charge is 2.34. The minimum Gasteiger partial charge on any atom is -0.388 e. The number of alkyl halides is 3. The average molecular weight is 298 g/mol. The summed E-state index contributed by atoms with van der Waals surface area (Å²) in [5.41, 5.74) is -1.28.